The number of piperidine rings is 1. The van der Waals surface area contributed by atoms with Crippen LogP contribution in [0.1, 0.15) is 23.2 Å². The van der Waals surface area contributed by atoms with Crippen molar-refractivity contribution in [1.29, 1.82) is 0 Å². The second kappa shape index (κ2) is 8.90. The van der Waals surface area contributed by atoms with E-state index in [1.807, 2.05) is 36.4 Å². The van der Waals surface area contributed by atoms with Crippen molar-refractivity contribution in [3.05, 3.63) is 72.3 Å². The van der Waals surface area contributed by atoms with Gasteiger partial charge in [-0.25, -0.2) is 0 Å². The third kappa shape index (κ3) is 5.01. The number of amides is 2. The summed E-state index contributed by atoms with van der Waals surface area (Å²) < 4.78 is 40.7. The summed E-state index contributed by atoms with van der Waals surface area (Å²) in [6.07, 6.45) is -3.46. The number of likely N-dealkylation sites (tertiary alicyclic amines) is 1. The number of hydrogen-bond donors (Lipinski definition) is 1. The standard InChI is InChI=1S/C24H21F3N2O3/c25-24(26,27)32-19-12-10-18(11-13-19)28-22(30)17-7-4-14-29(15-17)23(31)21-9-3-6-16-5-1-2-8-20(16)21/h1-3,5-6,8-13,17H,4,7,14-15H2,(H,28,30). The Balaban J connectivity index is 1.42. The highest BCUT2D eigenvalue weighted by Crippen LogP contribution is 2.26. The molecule has 1 unspecified atom stereocenters. The molecule has 8 heteroatoms. The highest BCUT2D eigenvalue weighted by atomic mass is 19.4. The predicted octanol–water partition coefficient (Wildman–Crippen LogP) is 5.23. The topological polar surface area (TPSA) is 58.6 Å². The van der Waals surface area contributed by atoms with Crippen molar-refractivity contribution in [3.63, 3.8) is 0 Å². The van der Waals surface area contributed by atoms with Crippen LogP contribution >= 0.6 is 0 Å². The van der Waals surface area contributed by atoms with Gasteiger partial charge in [0, 0.05) is 24.3 Å². The lowest BCUT2D eigenvalue weighted by Crippen LogP contribution is -2.43. The summed E-state index contributed by atoms with van der Waals surface area (Å²) in [7, 11) is 0. The molecule has 1 heterocycles. The number of halogens is 3. The number of carbonyl (C=O) groups is 2. The highest BCUT2D eigenvalue weighted by Gasteiger charge is 2.31. The molecule has 1 fully saturated rings. The van der Waals surface area contributed by atoms with Gasteiger partial charge in [-0.2, -0.15) is 0 Å². The van der Waals surface area contributed by atoms with E-state index in [0.717, 1.165) is 22.9 Å². The molecule has 5 nitrogen and oxygen atoms in total. The zero-order chi connectivity index (χ0) is 22.7. The van der Waals surface area contributed by atoms with Gasteiger partial charge in [-0.05, 0) is 53.9 Å². The maximum Gasteiger partial charge on any atom is 0.573 e. The molecule has 0 bridgehead atoms. The van der Waals surface area contributed by atoms with Gasteiger partial charge in [0.15, 0.2) is 0 Å². The van der Waals surface area contributed by atoms with Gasteiger partial charge < -0.3 is 15.0 Å². The number of carbonyl (C=O) groups excluding carboxylic acids is 2. The average molecular weight is 442 g/mol. The van der Waals surface area contributed by atoms with Crippen molar-refractivity contribution in [2.75, 3.05) is 18.4 Å². The number of rotatable bonds is 4. The molecule has 3 aromatic rings. The molecule has 1 N–H and O–H groups in total. The Morgan fingerprint density at radius 3 is 2.44 bits per heavy atom. The molecule has 2 amide bonds. The molecule has 1 aliphatic rings. The molecule has 1 aliphatic heterocycles. The van der Waals surface area contributed by atoms with Crippen molar-refractivity contribution in [1.82, 2.24) is 4.90 Å². The smallest absolute Gasteiger partial charge is 0.406 e. The molecule has 4 rings (SSSR count). The van der Waals surface area contributed by atoms with Crippen LogP contribution in [0.4, 0.5) is 18.9 Å². The van der Waals surface area contributed by atoms with E-state index >= 15 is 0 Å². The quantitative estimate of drug-likeness (QED) is 0.602. The Hall–Kier alpha value is -3.55. The van der Waals surface area contributed by atoms with Gasteiger partial charge in [-0.15, -0.1) is 13.2 Å². The summed E-state index contributed by atoms with van der Waals surface area (Å²) in [4.78, 5) is 27.6. The molecular weight excluding hydrogens is 421 g/mol. The molecule has 0 aliphatic carbocycles. The van der Waals surface area contributed by atoms with Crippen molar-refractivity contribution >= 4 is 28.3 Å². The fraction of sp³-hybridized carbons (Fsp3) is 0.250. The molecule has 0 spiro atoms. The minimum absolute atomic E-state index is 0.118. The highest BCUT2D eigenvalue weighted by molar-refractivity contribution is 6.07. The van der Waals surface area contributed by atoms with Gasteiger partial charge >= 0.3 is 6.36 Å². The fourth-order valence-corrected chi connectivity index (χ4v) is 3.94. The van der Waals surface area contributed by atoms with Crippen molar-refractivity contribution < 1.29 is 27.5 Å². The minimum atomic E-state index is -4.77. The van der Waals surface area contributed by atoms with Gasteiger partial charge in [0.1, 0.15) is 5.75 Å². The van der Waals surface area contributed by atoms with Crippen molar-refractivity contribution in [2.24, 2.45) is 5.92 Å². The van der Waals surface area contributed by atoms with E-state index in [4.69, 9.17) is 0 Å². The number of hydrogen-bond acceptors (Lipinski definition) is 3. The molecular formula is C24H21F3N2O3. The lowest BCUT2D eigenvalue weighted by molar-refractivity contribution is -0.274. The third-order valence-electron chi connectivity index (χ3n) is 5.45. The summed E-state index contributed by atoms with van der Waals surface area (Å²) in [6.45, 7) is 0.846. The first-order valence-corrected chi connectivity index (χ1v) is 10.2. The van der Waals surface area contributed by atoms with Gasteiger partial charge in [0.25, 0.3) is 5.91 Å². The van der Waals surface area contributed by atoms with Crippen LogP contribution in [-0.2, 0) is 4.79 Å². The average Bonchev–Trinajstić information content (AvgIpc) is 2.78. The van der Waals surface area contributed by atoms with Crippen LogP contribution in [0.15, 0.2) is 66.7 Å². The largest absolute Gasteiger partial charge is 0.573 e. The Bertz CT molecular complexity index is 1120. The minimum Gasteiger partial charge on any atom is -0.406 e. The van der Waals surface area contributed by atoms with E-state index in [0.29, 0.717) is 30.6 Å². The number of nitrogens with zero attached hydrogens (tertiary/aromatic N) is 1. The van der Waals surface area contributed by atoms with E-state index in [1.54, 1.807) is 11.0 Å². The lowest BCUT2D eigenvalue weighted by atomic mass is 9.95. The number of benzene rings is 3. The normalized spacial score (nSPS) is 16.6. The molecule has 1 saturated heterocycles. The van der Waals surface area contributed by atoms with E-state index in [1.165, 1.54) is 12.1 Å². The van der Waals surface area contributed by atoms with Gasteiger partial charge in [-0.3, -0.25) is 9.59 Å². The number of nitrogens with one attached hydrogen (secondary N) is 1. The van der Waals surface area contributed by atoms with Crippen LogP contribution in [0.2, 0.25) is 0 Å². The molecule has 0 saturated carbocycles. The first-order chi connectivity index (χ1) is 15.3. The second-order valence-corrected chi connectivity index (χ2v) is 7.68. The number of alkyl halides is 3. The maximum absolute atomic E-state index is 13.2. The van der Waals surface area contributed by atoms with Crippen LogP contribution in [0, 0.1) is 5.92 Å². The monoisotopic (exact) mass is 442 g/mol. The van der Waals surface area contributed by atoms with E-state index in [2.05, 4.69) is 10.1 Å². The zero-order valence-corrected chi connectivity index (χ0v) is 17.1. The predicted molar refractivity (Wildman–Crippen MR) is 114 cm³/mol. The molecule has 3 aromatic carbocycles. The van der Waals surface area contributed by atoms with Gasteiger partial charge in [0.05, 0.1) is 5.92 Å². The van der Waals surface area contributed by atoms with E-state index in [-0.39, 0.29) is 24.1 Å². The Labute approximate surface area is 182 Å². The first kappa shape index (κ1) is 21.7. The van der Waals surface area contributed by atoms with Crippen LogP contribution < -0.4 is 10.1 Å². The van der Waals surface area contributed by atoms with Crippen molar-refractivity contribution in [3.8, 4) is 5.75 Å². The summed E-state index contributed by atoms with van der Waals surface area (Å²) in [5.74, 6) is -1.16. The second-order valence-electron chi connectivity index (χ2n) is 7.68. The van der Waals surface area contributed by atoms with Crippen LogP contribution in [-0.4, -0.2) is 36.2 Å². The molecule has 32 heavy (non-hydrogen) atoms. The maximum atomic E-state index is 13.2. The SMILES string of the molecule is O=C(Nc1ccc(OC(F)(F)F)cc1)C1CCCN(C(=O)c2cccc3ccccc23)C1. The fourth-order valence-electron chi connectivity index (χ4n) is 3.94. The molecule has 0 aromatic heterocycles. The summed E-state index contributed by atoms with van der Waals surface area (Å²) in [5.41, 5.74) is 0.964. The Morgan fingerprint density at radius 2 is 1.69 bits per heavy atom. The zero-order valence-electron chi connectivity index (χ0n) is 17.1. The molecule has 1 atom stereocenters. The van der Waals surface area contributed by atoms with Crippen LogP contribution in [0.25, 0.3) is 10.8 Å². The summed E-state index contributed by atoms with van der Waals surface area (Å²) in [6, 6.07) is 18.2. The Morgan fingerprint density at radius 1 is 0.969 bits per heavy atom. The number of fused-ring (bicyclic) bond motifs is 1. The van der Waals surface area contributed by atoms with E-state index < -0.39 is 12.3 Å². The van der Waals surface area contributed by atoms with Crippen LogP contribution in [0.3, 0.4) is 0 Å². The number of ether oxygens (including phenoxy) is 1. The number of anilines is 1. The first-order valence-electron chi connectivity index (χ1n) is 10.2. The summed E-state index contributed by atoms with van der Waals surface area (Å²) in [5, 5.41) is 4.56. The van der Waals surface area contributed by atoms with E-state index in [9.17, 15) is 22.8 Å². The third-order valence-corrected chi connectivity index (χ3v) is 5.45. The van der Waals surface area contributed by atoms with Gasteiger partial charge in [0.2, 0.25) is 5.91 Å². The molecule has 0 radical (unpaired) electrons. The summed E-state index contributed by atoms with van der Waals surface area (Å²) >= 11 is 0. The van der Waals surface area contributed by atoms with Crippen LogP contribution in [0.5, 0.6) is 5.75 Å². The van der Waals surface area contributed by atoms with Crippen molar-refractivity contribution in [2.45, 2.75) is 19.2 Å². The lowest BCUT2D eigenvalue weighted by Gasteiger charge is -2.32. The van der Waals surface area contributed by atoms with Gasteiger partial charge in [-0.1, -0.05) is 36.4 Å². The molecule has 166 valence electrons. The Kier molecular flexibility index (Phi) is 6.03.